The first-order chi connectivity index (χ1) is 7.27. The molecule has 1 aromatic rings. The van der Waals surface area contributed by atoms with Gasteiger partial charge in [-0.2, -0.15) is 0 Å². The van der Waals surface area contributed by atoms with Crippen molar-refractivity contribution in [1.82, 2.24) is 5.32 Å². The van der Waals surface area contributed by atoms with Crippen molar-refractivity contribution in [2.45, 2.75) is 31.8 Å². The molecule has 4 heteroatoms. The number of hydrogen-bond acceptors (Lipinski definition) is 4. The Hall–Kier alpha value is -0.840. The molecule has 0 aromatic carbocycles. The molecule has 2 unspecified atom stereocenters. The van der Waals surface area contributed by atoms with Crippen molar-refractivity contribution in [3.05, 3.63) is 24.2 Å². The van der Waals surface area contributed by atoms with Crippen molar-refractivity contribution < 1.29 is 9.52 Å². The predicted molar refractivity (Wildman–Crippen MR) is 59.4 cm³/mol. The standard InChI is InChI=1S/C11H20N2O2/c1-9(3-2-5-14)13-11(7-12)10-4-6-15-8-10/h4,6,8-9,11,13-14H,2-3,5,7,12H2,1H3. The van der Waals surface area contributed by atoms with Crippen molar-refractivity contribution in [2.75, 3.05) is 13.2 Å². The van der Waals surface area contributed by atoms with Gasteiger partial charge in [-0.1, -0.05) is 0 Å². The second-order valence-corrected chi connectivity index (χ2v) is 3.78. The zero-order valence-corrected chi connectivity index (χ0v) is 9.15. The Bertz CT molecular complexity index is 249. The molecule has 0 aliphatic heterocycles. The molecular formula is C11H20N2O2. The van der Waals surface area contributed by atoms with Gasteiger partial charge in [0.05, 0.1) is 12.5 Å². The Balaban J connectivity index is 2.40. The first-order valence-electron chi connectivity index (χ1n) is 5.37. The lowest BCUT2D eigenvalue weighted by atomic mass is 10.1. The Kier molecular flexibility index (Phi) is 5.39. The van der Waals surface area contributed by atoms with Gasteiger partial charge in [-0.25, -0.2) is 0 Å². The van der Waals surface area contributed by atoms with Crippen LogP contribution in [0.25, 0.3) is 0 Å². The van der Waals surface area contributed by atoms with Gasteiger partial charge >= 0.3 is 0 Å². The van der Waals surface area contributed by atoms with Gasteiger partial charge in [0.2, 0.25) is 0 Å². The van der Waals surface area contributed by atoms with Crippen LogP contribution in [0.15, 0.2) is 23.0 Å². The molecular weight excluding hydrogens is 192 g/mol. The van der Waals surface area contributed by atoms with E-state index in [0.29, 0.717) is 12.6 Å². The molecule has 0 saturated carbocycles. The van der Waals surface area contributed by atoms with Crippen molar-refractivity contribution in [3.8, 4) is 0 Å². The van der Waals surface area contributed by atoms with Gasteiger partial charge in [0.15, 0.2) is 0 Å². The average Bonchev–Trinajstić information content (AvgIpc) is 2.76. The van der Waals surface area contributed by atoms with Gasteiger partial charge in [-0.15, -0.1) is 0 Å². The van der Waals surface area contributed by atoms with Crippen LogP contribution in [0.2, 0.25) is 0 Å². The van der Waals surface area contributed by atoms with Gasteiger partial charge in [0.25, 0.3) is 0 Å². The van der Waals surface area contributed by atoms with E-state index < -0.39 is 0 Å². The molecule has 1 aromatic heterocycles. The summed E-state index contributed by atoms with van der Waals surface area (Å²) < 4.78 is 5.02. The van der Waals surface area contributed by atoms with Gasteiger partial charge in [0, 0.05) is 30.8 Å². The Morgan fingerprint density at radius 2 is 2.40 bits per heavy atom. The monoisotopic (exact) mass is 212 g/mol. The number of furan rings is 1. The number of aliphatic hydroxyl groups excluding tert-OH is 1. The normalized spacial score (nSPS) is 15.1. The molecule has 0 aliphatic carbocycles. The summed E-state index contributed by atoms with van der Waals surface area (Å²) in [7, 11) is 0. The van der Waals surface area contributed by atoms with E-state index in [2.05, 4.69) is 12.2 Å². The van der Waals surface area contributed by atoms with E-state index in [1.807, 2.05) is 6.07 Å². The SMILES string of the molecule is CC(CCCO)NC(CN)c1ccoc1. The highest BCUT2D eigenvalue weighted by atomic mass is 16.3. The van der Waals surface area contributed by atoms with Crippen LogP contribution in [0, 0.1) is 0 Å². The van der Waals surface area contributed by atoms with Crippen LogP contribution in [0.4, 0.5) is 0 Å². The van der Waals surface area contributed by atoms with Crippen molar-refractivity contribution in [2.24, 2.45) is 5.73 Å². The van der Waals surface area contributed by atoms with Crippen molar-refractivity contribution in [1.29, 1.82) is 0 Å². The fourth-order valence-corrected chi connectivity index (χ4v) is 1.60. The van der Waals surface area contributed by atoms with E-state index in [4.69, 9.17) is 15.3 Å². The summed E-state index contributed by atoms with van der Waals surface area (Å²) in [6.45, 7) is 2.88. The minimum absolute atomic E-state index is 0.137. The Morgan fingerprint density at radius 1 is 1.60 bits per heavy atom. The first kappa shape index (κ1) is 12.2. The minimum Gasteiger partial charge on any atom is -0.472 e. The molecule has 4 N–H and O–H groups in total. The molecule has 86 valence electrons. The lowest BCUT2D eigenvalue weighted by Gasteiger charge is -2.20. The molecule has 0 aliphatic rings. The molecule has 0 saturated heterocycles. The lowest BCUT2D eigenvalue weighted by molar-refractivity contribution is 0.274. The van der Waals surface area contributed by atoms with E-state index in [1.165, 1.54) is 0 Å². The summed E-state index contributed by atoms with van der Waals surface area (Å²) in [6.07, 6.45) is 5.13. The number of aliphatic hydroxyl groups is 1. The Labute approximate surface area is 90.5 Å². The average molecular weight is 212 g/mol. The minimum atomic E-state index is 0.137. The van der Waals surface area contributed by atoms with Gasteiger partial charge in [-0.05, 0) is 25.8 Å². The van der Waals surface area contributed by atoms with E-state index in [-0.39, 0.29) is 12.6 Å². The summed E-state index contributed by atoms with van der Waals surface area (Å²) in [5.74, 6) is 0. The molecule has 0 amide bonds. The molecule has 1 rings (SSSR count). The fraction of sp³-hybridized carbons (Fsp3) is 0.636. The second-order valence-electron chi connectivity index (χ2n) is 3.78. The highest BCUT2D eigenvalue weighted by Crippen LogP contribution is 2.13. The van der Waals surface area contributed by atoms with Crippen LogP contribution in [0.1, 0.15) is 31.4 Å². The van der Waals surface area contributed by atoms with Crippen molar-refractivity contribution in [3.63, 3.8) is 0 Å². The third kappa shape index (κ3) is 4.03. The quantitative estimate of drug-likeness (QED) is 0.631. The Morgan fingerprint density at radius 3 is 2.93 bits per heavy atom. The topological polar surface area (TPSA) is 71.4 Å². The van der Waals surface area contributed by atoms with E-state index in [9.17, 15) is 0 Å². The molecule has 0 spiro atoms. The number of rotatable bonds is 7. The number of nitrogens with two attached hydrogens (primary N) is 1. The van der Waals surface area contributed by atoms with Gasteiger partial charge in [-0.3, -0.25) is 0 Å². The maximum atomic E-state index is 8.72. The molecule has 1 heterocycles. The number of nitrogens with one attached hydrogen (secondary N) is 1. The van der Waals surface area contributed by atoms with Gasteiger partial charge < -0.3 is 20.6 Å². The summed E-state index contributed by atoms with van der Waals surface area (Å²) in [5.41, 5.74) is 6.76. The number of hydrogen-bond donors (Lipinski definition) is 3. The van der Waals surface area contributed by atoms with Crippen LogP contribution >= 0.6 is 0 Å². The molecule has 4 nitrogen and oxygen atoms in total. The zero-order chi connectivity index (χ0) is 11.1. The zero-order valence-electron chi connectivity index (χ0n) is 9.15. The molecule has 2 atom stereocenters. The third-order valence-electron chi connectivity index (χ3n) is 2.46. The van der Waals surface area contributed by atoms with E-state index in [0.717, 1.165) is 18.4 Å². The van der Waals surface area contributed by atoms with Crippen LogP contribution < -0.4 is 11.1 Å². The fourth-order valence-electron chi connectivity index (χ4n) is 1.60. The third-order valence-corrected chi connectivity index (χ3v) is 2.46. The smallest absolute Gasteiger partial charge is 0.0950 e. The molecule has 15 heavy (non-hydrogen) atoms. The first-order valence-corrected chi connectivity index (χ1v) is 5.37. The molecule has 0 fully saturated rings. The van der Waals surface area contributed by atoms with Gasteiger partial charge in [0.1, 0.15) is 0 Å². The summed E-state index contributed by atoms with van der Waals surface area (Å²) in [4.78, 5) is 0. The molecule has 0 radical (unpaired) electrons. The summed E-state index contributed by atoms with van der Waals surface area (Å²) in [6, 6.07) is 2.40. The van der Waals surface area contributed by atoms with Crippen LogP contribution in [0.3, 0.4) is 0 Å². The molecule has 0 bridgehead atoms. The summed E-state index contributed by atoms with van der Waals surface area (Å²) in [5, 5.41) is 12.1. The van der Waals surface area contributed by atoms with Crippen LogP contribution in [-0.2, 0) is 0 Å². The maximum Gasteiger partial charge on any atom is 0.0950 e. The van der Waals surface area contributed by atoms with E-state index in [1.54, 1.807) is 12.5 Å². The summed E-state index contributed by atoms with van der Waals surface area (Å²) >= 11 is 0. The lowest BCUT2D eigenvalue weighted by Crippen LogP contribution is -2.34. The maximum absolute atomic E-state index is 8.72. The van der Waals surface area contributed by atoms with Crippen LogP contribution in [0.5, 0.6) is 0 Å². The second kappa shape index (κ2) is 6.61. The predicted octanol–water partition coefficient (Wildman–Crippen LogP) is 1.03. The highest BCUT2D eigenvalue weighted by molar-refractivity contribution is 5.12. The van der Waals surface area contributed by atoms with Crippen LogP contribution in [-0.4, -0.2) is 24.3 Å². The highest BCUT2D eigenvalue weighted by Gasteiger charge is 2.13. The largest absolute Gasteiger partial charge is 0.472 e. The van der Waals surface area contributed by atoms with Crippen molar-refractivity contribution >= 4 is 0 Å². The van der Waals surface area contributed by atoms with E-state index >= 15 is 0 Å².